The molecular formula is C24H25FN8O2. The minimum Gasteiger partial charge on any atom is -0.396 e. The molecule has 0 aliphatic carbocycles. The first-order valence-corrected chi connectivity index (χ1v) is 11.0. The van der Waals surface area contributed by atoms with Crippen LogP contribution in [0.25, 0.3) is 5.70 Å². The van der Waals surface area contributed by atoms with E-state index in [1.165, 1.54) is 12.3 Å². The number of ether oxygens (including phenoxy) is 1. The number of amides is 1. The molecule has 0 unspecified atom stereocenters. The van der Waals surface area contributed by atoms with Gasteiger partial charge in [0.1, 0.15) is 29.4 Å². The van der Waals surface area contributed by atoms with Crippen LogP contribution < -0.4 is 16.8 Å². The third kappa shape index (κ3) is 5.63. The Morgan fingerprint density at radius 2 is 2.06 bits per heavy atom. The highest BCUT2D eigenvalue weighted by atomic mass is 19.1. The number of halogens is 1. The Labute approximate surface area is 202 Å². The molecule has 1 saturated heterocycles. The highest BCUT2D eigenvalue weighted by Gasteiger charge is 2.30. The van der Waals surface area contributed by atoms with E-state index < -0.39 is 11.7 Å². The monoisotopic (exact) mass is 476 g/mol. The molecule has 0 spiro atoms. The van der Waals surface area contributed by atoms with E-state index >= 15 is 0 Å². The van der Waals surface area contributed by atoms with E-state index in [1.54, 1.807) is 36.7 Å². The predicted molar refractivity (Wildman–Crippen MR) is 129 cm³/mol. The van der Waals surface area contributed by atoms with Gasteiger partial charge < -0.3 is 26.4 Å². The number of pyridine rings is 1. The number of anilines is 1. The molecule has 0 radical (unpaired) electrons. The first-order chi connectivity index (χ1) is 17.0. The molecule has 1 fully saturated rings. The number of hydrogen-bond acceptors (Lipinski definition) is 9. The third-order valence-corrected chi connectivity index (χ3v) is 5.60. The molecule has 0 bridgehead atoms. The van der Waals surface area contributed by atoms with Gasteiger partial charge in [-0.05, 0) is 23.8 Å². The van der Waals surface area contributed by atoms with Crippen LogP contribution in [0.2, 0.25) is 0 Å². The number of hydrogen-bond donors (Lipinski definition) is 3. The Morgan fingerprint density at radius 1 is 1.29 bits per heavy atom. The van der Waals surface area contributed by atoms with Gasteiger partial charge in [0, 0.05) is 56.3 Å². The Kier molecular flexibility index (Phi) is 7.35. The van der Waals surface area contributed by atoms with Gasteiger partial charge in [-0.1, -0.05) is 12.1 Å². The maximum absolute atomic E-state index is 13.3. The summed E-state index contributed by atoms with van der Waals surface area (Å²) in [5, 5.41) is 11.5. The number of aromatic nitrogens is 1. The summed E-state index contributed by atoms with van der Waals surface area (Å²) < 4.78 is 19.3. The Bertz CT molecular complexity index is 1220. The van der Waals surface area contributed by atoms with E-state index in [4.69, 9.17) is 21.5 Å². The second-order valence-electron chi connectivity index (χ2n) is 7.91. The lowest BCUT2D eigenvalue weighted by Gasteiger charge is -2.40. The molecule has 2 aliphatic rings. The van der Waals surface area contributed by atoms with Crippen molar-refractivity contribution >= 4 is 23.3 Å². The minimum absolute atomic E-state index is 0.116. The second-order valence-corrected chi connectivity index (χ2v) is 7.91. The topological polar surface area (TPSA) is 146 Å². The zero-order chi connectivity index (χ0) is 24.8. The SMILES string of the molecule is N#CCCN1CCO[C@@H](N2C=CN=C(N)/C2=C(/N)c2ccc(C(=O)Nc3cc(F)ccn3)cc2)C1. The van der Waals surface area contributed by atoms with Gasteiger partial charge in [-0.25, -0.2) is 14.4 Å². The fourth-order valence-electron chi connectivity index (χ4n) is 3.83. The fraction of sp³-hybridized carbons (Fsp3) is 0.250. The number of aliphatic imine (C=N–C) groups is 1. The molecular weight excluding hydrogens is 451 g/mol. The molecule has 180 valence electrons. The van der Waals surface area contributed by atoms with Crippen molar-refractivity contribution in [3.63, 3.8) is 0 Å². The first-order valence-electron chi connectivity index (χ1n) is 11.0. The van der Waals surface area contributed by atoms with Gasteiger partial charge in [0.25, 0.3) is 5.91 Å². The number of nitrogens with two attached hydrogens (primary N) is 2. The molecule has 4 rings (SSSR count). The quantitative estimate of drug-likeness (QED) is 0.572. The van der Waals surface area contributed by atoms with Crippen LogP contribution in [0, 0.1) is 17.1 Å². The number of nitriles is 1. The zero-order valence-electron chi connectivity index (χ0n) is 18.9. The van der Waals surface area contributed by atoms with E-state index in [1.807, 2.05) is 4.90 Å². The van der Waals surface area contributed by atoms with E-state index in [2.05, 4.69) is 26.3 Å². The van der Waals surface area contributed by atoms with Gasteiger partial charge in [0.2, 0.25) is 0 Å². The van der Waals surface area contributed by atoms with Gasteiger partial charge in [0.05, 0.1) is 18.4 Å². The van der Waals surface area contributed by atoms with Crippen molar-refractivity contribution in [3.8, 4) is 6.07 Å². The van der Waals surface area contributed by atoms with Crippen LogP contribution in [0.3, 0.4) is 0 Å². The Morgan fingerprint density at radius 3 is 2.80 bits per heavy atom. The van der Waals surface area contributed by atoms with Crippen LogP contribution in [0.4, 0.5) is 10.2 Å². The molecule has 1 atom stereocenters. The summed E-state index contributed by atoms with van der Waals surface area (Å²) in [5.74, 6) is -0.574. The van der Waals surface area contributed by atoms with Gasteiger partial charge >= 0.3 is 0 Å². The molecule has 3 heterocycles. The number of nitrogens with zero attached hydrogens (tertiary/aromatic N) is 5. The number of amidine groups is 1. The molecule has 2 aromatic rings. The third-order valence-electron chi connectivity index (χ3n) is 5.60. The van der Waals surface area contributed by atoms with Crippen molar-refractivity contribution in [1.29, 1.82) is 5.26 Å². The maximum Gasteiger partial charge on any atom is 0.256 e. The average molecular weight is 477 g/mol. The van der Waals surface area contributed by atoms with Crippen LogP contribution in [0.5, 0.6) is 0 Å². The van der Waals surface area contributed by atoms with Crippen LogP contribution in [0.1, 0.15) is 22.3 Å². The number of carbonyl (C=O) groups excluding carboxylic acids is 1. The second kappa shape index (κ2) is 10.8. The highest BCUT2D eigenvalue weighted by Crippen LogP contribution is 2.25. The number of rotatable bonds is 6. The lowest BCUT2D eigenvalue weighted by atomic mass is 10.1. The van der Waals surface area contributed by atoms with Crippen LogP contribution in [-0.4, -0.2) is 59.0 Å². The molecule has 1 aromatic heterocycles. The molecule has 2 aliphatic heterocycles. The standard InChI is InChI=1S/C24H25FN8O2/c25-18-6-8-29-19(14-18)31-24(34)17-4-2-16(3-5-17)21(27)22-23(28)30-9-11-33(22)20-15-32(10-1-7-26)12-13-35-20/h2-6,8-9,11,14,20H,1,10,12-13,15,27H2,(H2,28,30)(H,29,31,34)/b22-21-/t20-/m1/s1. The molecule has 10 nitrogen and oxygen atoms in total. The van der Waals surface area contributed by atoms with Crippen molar-refractivity contribution in [3.05, 3.63) is 77.6 Å². The van der Waals surface area contributed by atoms with Crippen molar-refractivity contribution in [2.75, 3.05) is 31.6 Å². The number of benzene rings is 1. The van der Waals surface area contributed by atoms with Gasteiger partial charge in [-0.2, -0.15) is 5.26 Å². The summed E-state index contributed by atoms with van der Waals surface area (Å²) in [6.45, 7) is 2.47. The molecule has 1 amide bonds. The van der Waals surface area contributed by atoms with Crippen LogP contribution in [0.15, 0.2) is 65.7 Å². The lowest BCUT2D eigenvalue weighted by molar-refractivity contribution is -0.0824. The van der Waals surface area contributed by atoms with Gasteiger partial charge in [0.15, 0.2) is 0 Å². The highest BCUT2D eigenvalue weighted by molar-refractivity contribution is 6.05. The van der Waals surface area contributed by atoms with Crippen LogP contribution >= 0.6 is 0 Å². The average Bonchev–Trinajstić information content (AvgIpc) is 2.87. The smallest absolute Gasteiger partial charge is 0.256 e. The predicted octanol–water partition coefficient (Wildman–Crippen LogP) is 1.82. The summed E-state index contributed by atoms with van der Waals surface area (Å²) in [5.41, 5.74) is 14.6. The fourth-order valence-corrected chi connectivity index (χ4v) is 3.83. The van der Waals surface area contributed by atoms with Crippen molar-refractivity contribution in [2.24, 2.45) is 16.5 Å². The molecule has 5 N–H and O–H groups in total. The summed E-state index contributed by atoms with van der Waals surface area (Å²) in [4.78, 5) is 24.6. The van der Waals surface area contributed by atoms with E-state index in [9.17, 15) is 9.18 Å². The number of carbonyl (C=O) groups is 1. The summed E-state index contributed by atoms with van der Waals surface area (Å²) in [7, 11) is 0. The normalized spacial score (nSPS) is 19.6. The van der Waals surface area contributed by atoms with Crippen molar-refractivity contribution < 1.29 is 13.9 Å². The number of morpholine rings is 1. The minimum atomic E-state index is -0.495. The van der Waals surface area contributed by atoms with Crippen LogP contribution in [-0.2, 0) is 4.74 Å². The molecule has 0 saturated carbocycles. The van der Waals surface area contributed by atoms with E-state index in [0.717, 1.165) is 12.6 Å². The van der Waals surface area contributed by atoms with Gasteiger partial charge in [-0.3, -0.25) is 9.69 Å². The zero-order valence-corrected chi connectivity index (χ0v) is 18.9. The van der Waals surface area contributed by atoms with E-state index in [0.29, 0.717) is 48.6 Å². The van der Waals surface area contributed by atoms with Gasteiger partial charge in [-0.15, -0.1) is 0 Å². The molecule has 1 aromatic carbocycles. The lowest BCUT2D eigenvalue weighted by Crippen LogP contribution is -2.51. The molecule has 35 heavy (non-hydrogen) atoms. The Balaban J connectivity index is 1.54. The van der Waals surface area contributed by atoms with E-state index in [-0.39, 0.29) is 17.9 Å². The summed E-state index contributed by atoms with van der Waals surface area (Å²) in [6, 6.07) is 11.1. The van der Waals surface area contributed by atoms with Crippen molar-refractivity contribution in [2.45, 2.75) is 12.6 Å². The first kappa shape index (κ1) is 23.9. The summed E-state index contributed by atoms with van der Waals surface area (Å²) in [6.07, 6.45) is 4.69. The van der Waals surface area contributed by atoms with Crippen molar-refractivity contribution in [1.82, 2.24) is 14.8 Å². The largest absolute Gasteiger partial charge is 0.396 e. The summed E-state index contributed by atoms with van der Waals surface area (Å²) >= 11 is 0. The molecule has 11 heteroatoms. The Hall–Kier alpha value is -4.27. The number of nitrogens with one attached hydrogen (secondary N) is 1. The maximum atomic E-state index is 13.3.